The average molecular weight is 154 g/mol. The van der Waals surface area contributed by atoms with Gasteiger partial charge in [-0.1, -0.05) is 6.08 Å². The van der Waals surface area contributed by atoms with Gasteiger partial charge in [0, 0.05) is 5.57 Å². The summed E-state index contributed by atoms with van der Waals surface area (Å²) in [4.78, 5) is 10.9. The topological polar surface area (TPSA) is 26.3 Å². The molecule has 0 bridgehead atoms. The average Bonchev–Trinajstić information content (AvgIpc) is 1.98. The number of hydrogen-bond donors (Lipinski definition) is 0. The Morgan fingerprint density at radius 1 is 1.27 bits per heavy atom. The Kier molecular flexibility index (Phi) is 4.27. The maximum Gasteiger partial charge on any atom is 0.338 e. The minimum absolute atomic E-state index is 0.284. The molecule has 2 heteroatoms. The molecule has 0 atom stereocenters. The summed E-state index contributed by atoms with van der Waals surface area (Å²) in [5.41, 5.74) is 1.60. The Balaban J connectivity index is 4.00. The molecule has 11 heavy (non-hydrogen) atoms. The van der Waals surface area contributed by atoms with E-state index < -0.39 is 0 Å². The molecule has 0 radical (unpaired) electrons. The van der Waals surface area contributed by atoms with Crippen LogP contribution >= 0.6 is 0 Å². The van der Waals surface area contributed by atoms with Gasteiger partial charge in [0.05, 0.1) is 6.26 Å². The number of ether oxygens (including phenoxy) is 1. The van der Waals surface area contributed by atoms with Gasteiger partial charge in [-0.3, -0.25) is 0 Å². The van der Waals surface area contributed by atoms with Gasteiger partial charge in [-0.05, 0) is 33.3 Å². The summed E-state index contributed by atoms with van der Waals surface area (Å²) in [6, 6.07) is 0. The molecule has 0 aromatic rings. The molecule has 0 aromatic heterocycles. The van der Waals surface area contributed by atoms with E-state index in [0.29, 0.717) is 5.57 Å². The molecule has 0 aliphatic carbocycles. The first kappa shape index (κ1) is 9.95. The predicted octanol–water partition coefficient (Wildman–Crippen LogP) is 2.42. The smallest absolute Gasteiger partial charge is 0.338 e. The standard InChI is InChI=1S/C9H14O2/c1-5-8(4)9(10)11-6-7(2)3/h5-6H,1-4H3/b8-5+. The number of carbonyl (C=O) groups excluding carboxylic acids is 1. The summed E-state index contributed by atoms with van der Waals surface area (Å²) in [6.07, 6.45) is 3.18. The first-order valence-electron chi connectivity index (χ1n) is 3.55. The van der Waals surface area contributed by atoms with Crippen molar-refractivity contribution in [3.63, 3.8) is 0 Å². The van der Waals surface area contributed by atoms with Crippen LogP contribution in [-0.4, -0.2) is 5.97 Å². The molecule has 0 aliphatic rings. The van der Waals surface area contributed by atoms with Crippen LogP contribution in [0.5, 0.6) is 0 Å². The van der Waals surface area contributed by atoms with Crippen molar-refractivity contribution < 1.29 is 9.53 Å². The van der Waals surface area contributed by atoms with Crippen molar-refractivity contribution in [3.8, 4) is 0 Å². The van der Waals surface area contributed by atoms with Crippen molar-refractivity contribution in [1.29, 1.82) is 0 Å². The van der Waals surface area contributed by atoms with Crippen molar-refractivity contribution in [3.05, 3.63) is 23.5 Å². The van der Waals surface area contributed by atoms with Gasteiger partial charge in [0.15, 0.2) is 0 Å². The van der Waals surface area contributed by atoms with Crippen LogP contribution in [0.3, 0.4) is 0 Å². The van der Waals surface area contributed by atoms with Gasteiger partial charge in [-0.2, -0.15) is 0 Å². The summed E-state index contributed by atoms with van der Waals surface area (Å²) in [5, 5.41) is 0. The molecular formula is C9H14O2. The van der Waals surface area contributed by atoms with Crippen molar-refractivity contribution >= 4 is 5.97 Å². The number of allylic oxidation sites excluding steroid dienone is 2. The zero-order valence-electron chi connectivity index (χ0n) is 7.47. The van der Waals surface area contributed by atoms with E-state index in [4.69, 9.17) is 4.74 Å². The highest BCUT2D eigenvalue weighted by Gasteiger charge is 2.00. The first-order valence-corrected chi connectivity index (χ1v) is 3.55. The quantitative estimate of drug-likeness (QED) is 0.347. The van der Waals surface area contributed by atoms with Crippen molar-refractivity contribution in [2.24, 2.45) is 0 Å². The van der Waals surface area contributed by atoms with Crippen LogP contribution in [0.2, 0.25) is 0 Å². The van der Waals surface area contributed by atoms with Crippen LogP contribution in [0.25, 0.3) is 0 Å². The lowest BCUT2D eigenvalue weighted by Gasteiger charge is -1.97. The van der Waals surface area contributed by atoms with Crippen LogP contribution in [0, 0.1) is 0 Å². The summed E-state index contributed by atoms with van der Waals surface area (Å²) < 4.78 is 4.79. The monoisotopic (exact) mass is 154 g/mol. The normalized spacial score (nSPS) is 10.7. The van der Waals surface area contributed by atoms with Gasteiger partial charge in [-0.15, -0.1) is 0 Å². The number of hydrogen-bond acceptors (Lipinski definition) is 2. The highest BCUT2D eigenvalue weighted by Crippen LogP contribution is 1.98. The zero-order valence-corrected chi connectivity index (χ0v) is 7.47. The molecule has 0 saturated carbocycles. The maximum absolute atomic E-state index is 10.9. The van der Waals surface area contributed by atoms with Crippen molar-refractivity contribution in [2.75, 3.05) is 0 Å². The third-order valence-corrected chi connectivity index (χ3v) is 1.16. The van der Waals surface area contributed by atoms with Gasteiger partial charge in [-0.25, -0.2) is 4.79 Å². The van der Waals surface area contributed by atoms with Gasteiger partial charge in [0.25, 0.3) is 0 Å². The minimum Gasteiger partial charge on any atom is -0.431 e. The van der Waals surface area contributed by atoms with E-state index in [1.165, 1.54) is 6.26 Å². The van der Waals surface area contributed by atoms with Gasteiger partial charge in [0.1, 0.15) is 0 Å². The SMILES string of the molecule is C/C=C(\C)C(=O)OC=C(C)C. The van der Waals surface area contributed by atoms with E-state index in [-0.39, 0.29) is 5.97 Å². The Morgan fingerprint density at radius 2 is 1.82 bits per heavy atom. The fourth-order valence-electron chi connectivity index (χ4n) is 0.382. The Hall–Kier alpha value is -1.05. The molecule has 62 valence electrons. The number of esters is 1. The van der Waals surface area contributed by atoms with Crippen LogP contribution in [-0.2, 0) is 9.53 Å². The highest BCUT2D eigenvalue weighted by atomic mass is 16.5. The predicted molar refractivity (Wildman–Crippen MR) is 45.0 cm³/mol. The lowest BCUT2D eigenvalue weighted by molar-refractivity contribution is -0.133. The lowest BCUT2D eigenvalue weighted by Crippen LogP contribution is -2.00. The third kappa shape index (κ3) is 4.37. The second-order valence-corrected chi connectivity index (χ2v) is 2.57. The van der Waals surface area contributed by atoms with E-state index in [1.54, 1.807) is 19.9 Å². The van der Waals surface area contributed by atoms with E-state index >= 15 is 0 Å². The number of rotatable bonds is 2. The molecule has 0 heterocycles. The molecule has 2 nitrogen and oxygen atoms in total. The molecule has 0 N–H and O–H groups in total. The van der Waals surface area contributed by atoms with E-state index in [9.17, 15) is 4.79 Å². The minimum atomic E-state index is -0.284. The molecule has 0 fully saturated rings. The van der Waals surface area contributed by atoms with E-state index in [2.05, 4.69) is 0 Å². The van der Waals surface area contributed by atoms with Crippen LogP contribution in [0.4, 0.5) is 0 Å². The summed E-state index contributed by atoms with van der Waals surface area (Å²) in [5.74, 6) is -0.284. The number of carbonyl (C=O) groups is 1. The van der Waals surface area contributed by atoms with Crippen molar-refractivity contribution in [2.45, 2.75) is 27.7 Å². The first-order chi connectivity index (χ1) is 5.07. The Bertz CT molecular complexity index is 196. The molecule has 0 amide bonds. The third-order valence-electron chi connectivity index (χ3n) is 1.16. The highest BCUT2D eigenvalue weighted by molar-refractivity contribution is 5.88. The lowest BCUT2D eigenvalue weighted by atomic mass is 10.3. The fourth-order valence-corrected chi connectivity index (χ4v) is 0.382. The molecular weight excluding hydrogens is 140 g/mol. The molecule has 0 spiro atoms. The van der Waals surface area contributed by atoms with Gasteiger partial charge in [0.2, 0.25) is 0 Å². The Labute approximate surface area is 67.6 Å². The van der Waals surface area contributed by atoms with Crippen LogP contribution in [0.1, 0.15) is 27.7 Å². The largest absolute Gasteiger partial charge is 0.431 e. The van der Waals surface area contributed by atoms with E-state index in [1.807, 2.05) is 13.8 Å². The van der Waals surface area contributed by atoms with Gasteiger partial charge >= 0.3 is 5.97 Å². The second-order valence-electron chi connectivity index (χ2n) is 2.57. The fraction of sp³-hybridized carbons (Fsp3) is 0.444. The molecule has 0 unspecified atom stereocenters. The summed E-state index contributed by atoms with van der Waals surface area (Å²) in [7, 11) is 0. The summed E-state index contributed by atoms with van der Waals surface area (Å²) in [6.45, 7) is 7.27. The second kappa shape index (κ2) is 4.72. The molecule has 0 aliphatic heterocycles. The molecule has 0 aromatic carbocycles. The zero-order chi connectivity index (χ0) is 8.85. The van der Waals surface area contributed by atoms with E-state index in [0.717, 1.165) is 5.57 Å². The summed E-state index contributed by atoms with van der Waals surface area (Å²) >= 11 is 0. The van der Waals surface area contributed by atoms with Crippen LogP contribution in [0.15, 0.2) is 23.5 Å². The molecule has 0 rings (SSSR count). The van der Waals surface area contributed by atoms with Crippen molar-refractivity contribution in [1.82, 2.24) is 0 Å². The molecule has 0 saturated heterocycles. The van der Waals surface area contributed by atoms with Gasteiger partial charge < -0.3 is 4.74 Å². The van der Waals surface area contributed by atoms with Crippen LogP contribution < -0.4 is 0 Å². The Morgan fingerprint density at radius 3 is 2.18 bits per heavy atom. The maximum atomic E-state index is 10.9.